The number of benzene rings is 1. The van der Waals surface area contributed by atoms with Gasteiger partial charge in [0, 0.05) is 18.7 Å². The van der Waals surface area contributed by atoms with Gasteiger partial charge in [-0.25, -0.2) is 14.6 Å². The molecule has 2 aromatic heterocycles. The van der Waals surface area contributed by atoms with Crippen LogP contribution in [0, 0.1) is 0 Å². The Morgan fingerprint density at radius 3 is 2.61 bits per heavy atom. The standard InChI is InChI=1S/C22H30N6O2S/c1-5-11-23-19-18-14-25-28(20(18)27-22(26-19)31-6-2)13-12-24-21(29)16-7-9-17(10-8-16)30-15(3)4/h7-10,14-15H,5-6,11-13H2,1-4H3,(H,24,29)(H,23,26,27). The minimum atomic E-state index is -0.130. The molecule has 3 rings (SSSR count). The number of aromatic nitrogens is 4. The van der Waals surface area contributed by atoms with E-state index >= 15 is 0 Å². The fraction of sp³-hybridized carbons (Fsp3) is 0.455. The quantitative estimate of drug-likeness (QED) is 0.343. The molecule has 0 aliphatic rings. The average molecular weight is 443 g/mol. The van der Waals surface area contributed by atoms with E-state index in [2.05, 4.69) is 39.5 Å². The van der Waals surface area contributed by atoms with Gasteiger partial charge in [0.05, 0.1) is 24.2 Å². The average Bonchev–Trinajstić information content (AvgIpc) is 3.15. The first-order valence-electron chi connectivity index (χ1n) is 10.7. The Balaban J connectivity index is 1.66. The molecular weight excluding hydrogens is 412 g/mol. The van der Waals surface area contributed by atoms with Crippen LogP contribution in [0.3, 0.4) is 0 Å². The topological polar surface area (TPSA) is 94.0 Å². The maximum atomic E-state index is 12.5. The number of ether oxygens (including phenoxy) is 1. The molecule has 8 nitrogen and oxygen atoms in total. The molecule has 0 aliphatic carbocycles. The Hall–Kier alpha value is -2.81. The second kappa shape index (κ2) is 11.0. The number of hydrogen-bond donors (Lipinski definition) is 2. The van der Waals surface area contributed by atoms with Crippen LogP contribution in [0.5, 0.6) is 5.75 Å². The molecule has 0 saturated carbocycles. The first kappa shape index (κ1) is 22.9. The van der Waals surface area contributed by atoms with Crippen LogP contribution in [0.25, 0.3) is 11.0 Å². The second-order valence-corrected chi connectivity index (χ2v) is 8.50. The van der Waals surface area contributed by atoms with Crippen molar-refractivity contribution in [3.63, 3.8) is 0 Å². The normalized spacial score (nSPS) is 11.1. The van der Waals surface area contributed by atoms with E-state index in [-0.39, 0.29) is 12.0 Å². The summed E-state index contributed by atoms with van der Waals surface area (Å²) in [6, 6.07) is 7.15. The number of carbonyl (C=O) groups is 1. The minimum Gasteiger partial charge on any atom is -0.491 e. The van der Waals surface area contributed by atoms with Crippen molar-refractivity contribution in [2.75, 3.05) is 24.2 Å². The van der Waals surface area contributed by atoms with Gasteiger partial charge >= 0.3 is 0 Å². The van der Waals surface area contributed by atoms with Gasteiger partial charge in [-0.15, -0.1) is 0 Å². The molecule has 166 valence electrons. The van der Waals surface area contributed by atoms with Gasteiger partial charge < -0.3 is 15.4 Å². The molecule has 0 radical (unpaired) electrons. The summed E-state index contributed by atoms with van der Waals surface area (Å²) in [6.45, 7) is 9.93. The summed E-state index contributed by atoms with van der Waals surface area (Å²) in [7, 11) is 0. The summed E-state index contributed by atoms with van der Waals surface area (Å²) in [4.78, 5) is 21.8. The van der Waals surface area contributed by atoms with Crippen LogP contribution in [-0.2, 0) is 6.54 Å². The molecule has 0 saturated heterocycles. The number of amides is 1. The molecule has 0 unspecified atom stereocenters. The molecule has 9 heteroatoms. The largest absolute Gasteiger partial charge is 0.491 e. The van der Waals surface area contributed by atoms with Crippen LogP contribution >= 0.6 is 11.8 Å². The van der Waals surface area contributed by atoms with Gasteiger partial charge in [0.25, 0.3) is 5.91 Å². The number of nitrogens with zero attached hydrogens (tertiary/aromatic N) is 4. The van der Waals surface area contributed by atoms with Gasteiger partial charge in [0.15, 0.2) is 10.8 Å². The third-order valence-electron chi connectivity index (χ3n) is 4.39. The molecule has 0 spiro atoms. The number of nitrogens with one attached hydrogen (secondary N) is 2. The Bertz CT molecular complexity index is 1000. The van der Waals surface area contributed by atoms with E-state index < -0.39 is 0 Å². The predicted octanol–water partition coefficient (Wildman–Crippen LogP) is 3.98. The molecule has 2 N–H and O–H groups in total. The van der Waals surface area contributed by atoms with Gasteiger partial charge in [0.1, 0.15) is 11.6 Å². The van der Waals surface area contributed by atoms with Crippen molar-refractivity contribution in [2.24, 2.45) is 0 Å². The molecule has 0 fully saturated rings. The molecule has 31 heavy (non-hydrogen) atoms. The number of fused-ring (bicyclic) bond motifs is 1. The van der Waals surface area contributed by atoms with Crippen molar-refractivity contribution < 1.29 is 9.53 Å². The van der Waals surface area contributed by atoms with E-state index in [0.29, 0.717) is 18.7 Å². The van der Waals surface area contributed by atoms with E-state index in [0.717, 1.165) is 46.5 Å². The fourth-order valence-corrected chi connectivity index (χ4v) is 3.57. The lowest BCUT2D eigenvalue weighted by molar-refractivity contribution is 0.0952. The van der Waals surface area contributed by atoms with Gasteiger partial charge in [-0.3, -0.25) is 4.79 Å². The Labute approximate surface area is 187 Å². The summed E-state index contributed by atoms with van der Waals surface area (Å²) >= 11 is 1.60. The van der Waals surface area contributed by atoms with E-state index in [1.165, 1.54) is 0 Å². The van der Waals surface area contributed by atoms with Crippen LogP contribution in [0.1, 0.15) is 44.5 Å². The van der Waals surface area contributed by atoms with Crippen molar-refractivity contribution in [1.82, 2.24) is 25.1 Å². The highest BCUT2D eigenvalue weighted by Gasteiger charge is 2.13. The Morgan fingerprint density at radius 1 is 1.16 bits per heavy atom. The van der Waals surface area contributed by atoms with Gasteiger partial charge in [-0.1, -0.05) is 25.6 Å². The van der Waals surface area contributed by atoms with Crippen LogP contribution in [0.15, 0.2) is 35.6 Å². The smallest absolute Gasteiger partial charge is 0.251 e. The highest BCUT2D eigenvalue weighted by atomic mass is 32.2. The first-order valence-corrected chi connectivity index (χ1v) is 11.7. The lowest BCUT2D eigenvalue weighted by atomic mass is 10.2. The van der Waals surface area contributed by atoms with Crippen molar-refractivity contribution in [1.29, 1.82) is 0 Å². The van der Waals surface area contributed by atoms with Crippen LogP contribution in [0.4, 0.5) is 5.82 Å². The van der Waals surface area contributed by atoms with Crippen LogP contribution in [-0.4, -0.2) is 50.6 Å². The highest BCUT2D eigenvalue weighted by molar-refractivity contribution is 7.99. The molecule has 1 amide bonds. The van der Waals surface area contributed by atoms with E-state index in [1.54, 1.807) is 30.1 Å². The summed E-state index contributed by atoms with van der Waals surface area (Å²) < 4.78 is 7.43. The molecular formula is C22H30N6O2S. The zero-order valence-corrected chi connectivity index (χ0v) is 19.3. The van der Waals surface area contributed by atoms with Crippen molar-refractivity contribution >= 4 is 34.5 Å². The van der Waals surface area contributed by atoms with E-state index in [1.807, 2.05) is 30.7 Å². The van der Waals surface area contributed by atoms with Gasteiger partial charge in [-0.05, 0) is 50.3 Å². The zero-order chi connectivity index (χ0) is 22.2. The maximum absolute atomic E-state index is 12.5. The second-order valence-electron chi connectivity index (χ2n) is 7.27. The summed E-state index contributed by atoms with van der Waals surface area (Å²) in [5.74, 6) is 2.32. The molecule has 3 aromatic rings. The third-order valence-corrected chi connectivity index (χ3v) is 5.12. The van der Waals surface area contributed by atoms with Crippen molar-refractivity contribution in [3.8, 4) is 5.75 Å². The van der Waals surface area contributed by atoms with E-state index in [4.69, 9.17) is 4.74 Å². The molecule has 0 atom stereocenters. The minimum absolute atomic E-state index is 0.0984. The Kier molecular flexibility index (Phi) is 8.11. The number of carbonyl (C=O) groups excluding carboxylic acids is 1. The van der Waals surface area contributed by atoms with Crippen molar-refractivity contribution in [3.05, 3.63) is 36.0 Å². The fourth-order valence-electron chi connectivity index (χ4n) is 3.01. The van der Waals surface area contributed by atoms with Gasteiger partial charge in [0.2, 0.25) is 0 Å². The van der Waals surface area contributed by atoms with Crippen LogP contribution < -0.4 is 15.4 Å². The SMILES string of the molecule is CCCNc1nc(SCC)nc2c1cnn2CCNC(=O)c1ccc(OC(C)C)cc1. The maximum Gasteiger partial charge on any atom is 0.251 e. The third kappa shape index (κ3) is 6.10. The predicted molar refractivity (Wildman–Crippen MR) is 125 cm³/mol. The zero-order valence-electron chi connectivity index (χ0n) is 18.5. The van der Waals surface area contributed by atoms with Crippen molar-refractivity contribution in [2.45, 2.75) is 51.9 Å². The van der Waals surface area contributed by atoms with Crippen LogP contribution in [0.2, 0.25) is 0 Å². The molecule has 0 bridgehead atoms. The lowest BCUT2D eigenvalue weighted by Crippen LogP contribution is -2.27. The summed E-state index contributed by atoms with van der Waals surface area (Å²) in [5.41, 5.74) is 1.37. The first-order chi connectivity index (χ1) is 15.0. The highest BCUT2D eigenvalue weighted by Crippen LogP contribution is 2.24. The number of rotatable bonds is 11. The molecule has 0 aliphatic heterocycles. The number of hydrogen-bond acceptors (Lipinski definition) is 7. The number of thioether (sulfide) groups is 1. The monoisotopic (exact) mass is 442 g/mol. The summed E-state index contributed by atoms with van der Waals surface area (Å²) in [5, 5.41) is 12.4. The Morgan fingerprint density at radius 2 is 1.94 bits per heavy atom. The summed E-state index contributed by atoms with van der Waals surface area (Å²) in [6.07, 6.45) is 2.89. The van der Waals surface area contributed by atoms with Gasteiger partial charge in [-0.2, -0.15) is 5.10 Å². The molecule has 2 heterocycles. The number of anilines is 1. The van der Waals surface area contributed by atoms with E-state index in [9.17, 15) is 4.79 Å². The lowest BCUT2D eigenvalue weighted by Gasteiger charge is -2.11. The molecule has 1 aromatic carbocycles.